The van der Waals surface area contributed by atoms with Gasteiger partial charge in [0.25, 0.3) is 0 Å². The highest BCUT2D eigenvalue weighted by Crippen LogP contribution is 2.27. The lowest BCUT2D eigenvalue weighted by atomic mass is 10.1. The zero-order valence-electron chi connectivity index (χ0n) is 6.70. The standard InChI is InChI=1S/C9H9BrClF/c1-2-3-6-4-5-7(10)9(12)8(6)11/h4-5H,2-3H2,1H3. The van der Waals surface area contributed by atoms with Gasteiger partial charge in [-0.1, -0.05) is 31.0 Å². The van der Waals surface area contributed by atoms with Gasteiger partial charge in [-0.25, -0.2) is 4.39 Å². The van der Waals surface area contributed by atoms with E-state index in [0.717, 1.165) is 18.4 Å². The van der Waals surface area contributed by atoms with Gasteiger partial charge in [0.1, 0.15) is 0 Å². The Balaban J connectivity index is 3.08. The highest BCUT2D eigenvalue weighted by molar-refractivity contribution is 9.10. The Kier molecular flexibility index (Phi) is 3.53. The Morgan fingerprint density at radius 2 is 2.17 bits per heavy atom. The van der Waals surface area contributed by atoms with E-state index in [1.54, 1.807) is 6.07 Å². The lowest BCUT2D eigenvalue weighted by Gasteiger charge is -2.04. The third-order valence-electron chi connectivity index (χ3n) is 1.63. The summed E-state index contributed by atoms with van der Waals surface area (Å²) >= 11 is 8.84. The smallest absolute Gasteiger partial charge is 0.156 e. The Labute approximate surface area is 84.9 Å². The first-order valence-corrected chi connectivity index (χ1v) is 4.96. The van der Waals surface area contributed by atoms with Gasteiger partial charge in [-0.05, 0) is 34.0 Å². The van der Waals surface area contributed by atoms with Crippen molar-refractivity contribution in [3.8, 4) is 0 Å². The van der Waals surface area contributed by atoms with E-state index >= 15 is 0 Å². The van der Waals surface area contributed by atoms with E-state index < -0.39 is 0 Å². The van der Waals surface area contributed by atoms with Gasteiger partial charge in [-0.2, -0.15) is 0 Å². The Bertz CT molecular complexity index is 286. The zero-order valence-corrected chi connectivity index (χ0v) is 9.04. The zero-order chi connectivity index (χ0) is 9.14. The first kappa shape index (κ1) is 10.0. The summed E-state index contributed by atoms with van der Waals surface area (Å²) in [6.45, 7) is 2.04. The Morgan fingerprint density at radius 1 is 1.50 bits per heavy atom. The number of halogens is 3. The summed E-state index contributed by atoms with van der Waals surface area (Å²) in [6.07, 6.45) is 1.80. The van der Waals surface area contributed by atoms with Crippen LogP contribution in [-0.4, -0.2) is 0 Å². The van der Waals surface area contributed by atoms with E-state index in [4.69, 9.17) is 11.6 Å². The molecule has 0 spiro atoms. The van der Waals surface area contributed by atoms with E-state index in [0.29, 0.717) is 4.47 Å². The molecule has 0 fully saturated rings. The van der Waals surface area contributed by atoms with Crippen LogP contribution < -0.4 is 0 Å². The van der Waals surface area contributed by atoms with E-state index in [1.165, 1.54) is 0 Å². The predicted octanol–water partition coefficient (Wildman–Crippen LogP) is 4.19. The minimum Gasteiger partial charge on any atom is -0.204 e. The van der Waals surface area contributed by atoms with Crippen molar-refractivity contribution in [3.63, 3.8) is 0 Å². The van der Waals surface area contributed by atoms with E-state index in [1.807, 2.05) is 13.0 Å². The predicted molar refractivity (Wildman–Crippen MR) is 53.1 cm³/mol. The highest BCUT2D eigenvalue weighted by atomic mass is 79.9. The molecule has 0 N–H and O–H groups in total. The van der Waals surface area contributed by atoms with Crippen molar-refractivity contribution in [2.45, 2.75) is 19.8 Å². The molecule has 0 saturated carbocycles. The number of hydrogen-bond acceptors (Lipinski definition) is 0. The molecule has 0 unspecified atom stereocenters. The number of aryl methyl sites for hydroxylation is 1. The fourth-order valence-corrected chi connectivity index (χ4v) is 1.73. The van der Waals surface area contributed by atoms with Gasteiger partial charge in [0.05, 0.1) is 9.50 Å². The lowest BCUT2D eigenvalue weighted by Crippen LogP contribution is -1.89. The fraction of sp³-hybridized carbons (Fsp3) is 0.333. The van der Waals surface area contributed by atoms with Crippen molar-refractivity contribution < 1.29 is 4.39 Å². The van der Waals surface area contributed by atoms with Crippen LogP contribution >= 0.6 is 27.5 Å². The maximum absolute atomic E-state index is 13.1. The molecule has 0 saturated heterocycles. The van der Waals surface area contributed by atoms with Crippen LogP contribution in [0.1, 0.15) is 18.9 Å². The molecule has 12 heavy (non-hydrogen) atoms. The van der Waals surface area contributed by atoms with Gasteiger partial charge in [-0.3, -0.25) is 0 Å². The largest absolute Gasteiger partial charge is 0.204 e. The van der Waals surface area contributed by atoms with E-state index in [9.17, 15) is 4.39 Å². The van der Waals surface area contributed by atoms with Crippen molar-refractivity contribution in [1.82, 2.24) is 0 Å². The molecule has 0 aliphatic rings. The number of benzene rings is 1. The molecule has 0 heterocycles. The van der Waals surface area contributed by atoms with Gasteiger partial charge in [0.2, 0.25) is 0 Å². The molecule has 1 aromatic carbocycles. The maximum atomic E-state index is 13.1. The summed E-state index contributed by atoms with van der Waals surface area (Å²) in [5, 5.41) is 0.242. The van der Waals surface area contributed by atoms with E-state index in [-0.39, 0.29) is 10.8 Å². The molecule has 0 aliphatic heterocycles. The van der Waals surface area contributed by atoms with Crippen LogP contribution in [0.2, 0.25) is 5.02 Å². The second-order valence-electron chi connectivity index (χ2n) is 2.58. The van der Waals surface area contributed by atoms with Gasteiger partial charge >= 0.3 is 0 Å². The fourth-order valence-electron chi connectivity index (χ4n) is 1.03. The molecular weight excluding hydrogens is 242 g/mol. The van der Waals surface area contributed by atoms with E-state index in [2.05, 4.69) is 15.9 Å². The number of rotatable bonds is 2. The van der Waals surface area contributed by atoms with Crippen molar-refractivity contribution in [1.29, 1.82) is 0 Å². The maximum Gasteiger partial charge on any atom is 0.156 e. The van der Waals surface area contributed by atoms with Crippen LogP contribution in [0.15, 0.2) is 16.6 Å². The van der Waals surface area contributed by atoms with Gasteiger partial charge in [0.15, 0.2) is 5.82 Å². The summed E-state index contributed by atoms with van der Waals surface area (Å²) in [5.74, 6) is -0.359. The normalized spacial score (nSPS) is 10.3. The summed E-state index contributed by atoms with van der Waals surface area (Å²) in [5.41, 5.74) is 0.875. The molecule has 0 aromatic heterocycles. The molecular formula is C9H9BrClF. The van der Waals surface area contributed by atoms with Crippen LogP contribution in [0.4, 0.5) is 4.39 Å². The van der Waals surface area contributed by atoms with Crippen LogP contribution in [0.25, 0.3) is 0 Å². The van der Waals surface area contributed by atoms with Crippen molar-refractivity contribution >= 4 is 27.5 Å². The van der Waals surface area contributed by atoms with Crippen molar-refractivity contribution in [2.24, 2.45) is 0 Å². The van der Waals surface area contributed by atoms with Gasteiger partial charge < -0.3 is 0 Å². The lowest BCUT2D eigenvalue weighted by molar-refractivity contribution is 0.619. The summed E-state index contributed by atoms with van der Waals surface area (Å²) in [4.78, 5) is 0. The molecule has 1 rings (SSSR count). The first-order chi connectivity index (χ1) is 5.66. The Hall–Kier alpha value is -0.0800. The van der Waals surface area contributed by atoms with Crippen LogP contribution in [0, 0.1) is 5.82 Å². The van der Waals surface area contributed by atoms with Crippen LogP contribution in [0.5, 0.6) is 0 Å². The van der Waals surface area contributed by atoms with Crippen LogP contribution in [0.3, 0.4) is 0 Å². The minimum atomic E-state index is -0.359. The monoisotopic (exact) mass is 250 g/mol. The third-order valence-corrected chi connectivity index (χ3v) is 2.66. The molecule has 0 aliphatic carbocycles. The average molecular weight is 252 g/mol. The Morgan fingerprint density at radius 3 is 2.75 bits per heavy atom. The SMILES string of the molecule is CCCc1ccc(Br)c(F)c1Cl. The second-order valence-corrected chi connectivity index (χ2v) is 3.82. The van der Waals surface area contributed by atoms with Crippen molar-refractivity contribution in [2.75, 3.05) is 0 Å². The molecule has 1 aromatic rings. The summed E-state index contributed by atoms with van der Waals surface area (Å²) in [6, 6.07) is 3.53. The quantitative estimate of drug-likeness (QED) is 0.691. The topological polar surface area (TPSA) is 0 Å². The minimum absolute atomic E-state index is 0.242. The van der Waals surface area contributed by atoms with Crippen molar-refractivity contribution in [3.05, 3.63) is 33.0 Å². The van der Waals surface area contributed by atoms with Gasteiger partial charge in [-0.15, -0.1) is 0 Å². The molecule has 3 heteroatoms. The average Bonchev–Trinajstić information content (AvgIpc) is 2.07. The van der Waals surface area contributed by atoms with Crippen LogP contribution in [-0.2, 0) is 6.42 Å². The third kappa shape index (κ3) is 1.99. The molecule has 0 atom stereocenters. The molecule has 66 valence electrons. The second kappa shape index (κ2) is 4.24. The molecule has 0 bridgehead atoms. The first-order valence-electron chi connectivity index (χ1n) is 3.79. The summed E-state index contributed by atoms with van der Waals surface area (Å²) < 4.78 is 13.6. The number of hydrogen-bond donors (Lipinski definition) is 0. The highest BCUT2D eigenvalue weighted by Gasteiger charge is 2.08. The summed E-state index contributed by atoms with van der Waals surface area (Å²) in [7, 11) is 0. The molecule has 0 amide bonds. The molecule has 0 nitrogen and oxygen atoms in total. The molecule has 0 radical (unpaired) electrons. The van der Waals surface area contributed by atoms with Gasteiger partial charge in [0, 0.05) is 0 Å².